The van der Waals surface area contributed by atoms with Crippen LogP contribution in [0.5, 0.6) is 0 Å². The number of rotatable bonds is 5. The molecule has 1 rings (SSSR count). The van der Waals surface area contributed by atoms with E-state index in [1.54, 1.807) is 0 Å². The number of ether oxygens (including phenoxy) is 1. The molecule has 1 fully saturated rings. The molecule has 0 aliphatic carbocycles. The van der Waals surface area contributed by atoms with Gasteiger partial charge in [0.2, 0.25) is 11.8 Å². The van der Waals surface area contributed by atoms with Crippen molar-refractivity contribution in [2.75, 3.05) is 19.8 Å². The first-order valence-corrected chi connectivity index (χ1v) is 6.76. The highest BCUT2D eigenvalue weighted by Gasteiger charge is 2.29. The molecule has 0 radical (unpaired) electrons. The standard InChI is InChI=1S/C13H25N3O3/c1-9(2)11(14)12(18)15-7-10(17)16-13(3)5-4-6-19-8-13/h9,11H,4-8,14H2,1-3H3,(H,15,18)(H,16,17)/t11-,13?/m0/s1. The lowest BCUT2D eigenvalue weighted by Crippen LogP contribution is -2.55. The summed E-state index contributed by atoms with van der Waals surface area (Å²) in [5.74, 6) is -0.458. The van der Waals surface area contributed by atoms with Gasteiger partial charge in [0, 0.05) is 6.61 Å². The molecule has 2 atom stereocenters. The van der Waals surface area contributed by atoms with Crippen molar-refractivity contribution in [3.8, 4) is 0 Å². The van der Waals surface area contributed by atoms with E-state index in [2.05, 4.69) is 10.6 Å². The summed E-state index contributed by atoms with van der Waals surface area (Å²) in [7, 11) is 0. The van der Waals surface area contributed by atoms with Gasteiger partial charge in [-0.05, 0) is 25.7 Å². The van der Waals surface area contributed by atoms with Crippen LogP contribution in [-0.2, 0) is 14.3 Å². The van der Waals surface area contributed by atoms with Gasteiger partial charge in [0.05, 0.1) is 24.7 Å². The lowest BCUT2D eigenvalue weighted by atomic mass is 9.95. The highest BCUT2D eigenvalue weighted by atomic mass is 16.5. The average Bonchev–Trinajstić information content (AvgIpc) is 2.35. The SMILES string of the molecule is CC(C)[C@H](N)C(=O)NCC(=O)NC1(C)CCCOC1. The first-order valence-electron chi connectivity index (χ1n) is 6.76. The second-order valence-electron chi connectivity index (χ2n) is 5.75. The molecule has 4 N–H and O–H groups in total. The van der Waals surface area contributed by atoms with E-state index in [0.29, 0.717) is 6.61 Å². The highest BCUT2D eigenvalue weighted by Crippen LogP contribution is 2.17. The van der Waals surface area contributed by atoms with E-state index in [4.69, 9.17) is 10.5 Å². The maximum atomic E-state index is 11.8. The predicted molar refractivity (Wildman–Crippen MR) is 72.4 cm³/mol. The van der Waals surface area contributed by atoms with Crippen molar-refractivity contribution in [2.24, 2.45) is 11.7 Å². The number of hydrogen-bond acceptors (Lipinski definition) is 4. The molecule has 1 heterocycles. The number of nitrogens with two attached hydrogens (primary N) is 1. The lowest BCUT2D eigenvalue weighted by Gasteiger charge is -2.34. The Balaban J connectivity index is 2.33. The van der Waals surface area contributed by atoms with Crippen molar-refractivity contribution in [3.63, 3.8) is 0 Å². The first kappa shape index (κ1) is 15.9. The normalized spacial score (nSPS) is 24.9. The Hall–Kier alpha value is -1.14. The third kappa shape index (κ3) is 5.16. The minimum absolute atomic E-state index is 0.0468. The van der Waals surface area contributed by atoms with Crippen LogP contribution in [0.15, 0.2) is 0 Å². The second-order valence-corrected chi connectivity index (χ2v) is 5.75. The van der Waals surface area contributed by atoms with Crippen LogP contribution in [0.3, 0.4) is 0 Å². The summed E-state index contributed by atoms with van der Waals surface area (Å²) in [6.45, 7) is 6.89. The van der Waals surface area contributed by atoms with Crippen molar-refractivity contribution in [1.29, 1.82) is 0 Å². The third-order valence-corrected chi connectivity index (χ3v) is 3.32. The van der Waals surface area contributed by atoms with Crippen molar-refractivity contribution in [3.05, 3.63) is 0 Å². The second kappa shape index (κ2) is 6.86. The van der Waals surface area contributed by atoms with Crippen LogP contribution in [0, 0.1) is 5.92 Å². The Morgan fingerprint density at radius 3 is 2.63 bits per heavy atom. The number of carbonyl (C=O) groups is 2. The molecule has 1 saturated heterocycles. The number of nitrogens with one attached hydrogen (secondary N) is 2. The third-order valence-electron chi connectivity index (χ3n) is 3.32. The molecule has 1 aliphatic rings. The van der Waals surface area contributed by atoms with Gasteiger partial charge in [0.25, 0.3) is 0 Å². The lowest BCUT2D eigenvalue weighted by molar-refractivity contribution is -0.129. The maximum Gasteiger partial charge on any atom is 0.239 e. The molecular formula is C13H25N3O3. The van der Waals surface area contributed by atoms with Gasteiger partial charge in [-0.15, -0.1) is 0 Å². The molecule has 6 nitrogen and oxygen atoms in total. The first-order chi connectivity index (χ1) is 8.84. The molecule has 0 aromatic carbocycles. The fourth-order valence-corrected chi connectivity index (χ4v) is 2.00. The van der Waals surface area contributed by atoms with E-state index in [1.807, 2.05) is 20.8 Å². The van der Waals surface area contributed by atoms with Crippen molar-refractivity contribution >= 4 is 11.8 Å². The Labute approximate surface area is 114 Å². The minimum atomic E-state index is -0.582. The minimum Gasteiger partial charge on any atom is -0.379 e. The van der Waals surface area contributed by atoms with Crippen LogP contribution in [0.25, 0.3) is 0 Å². The van der Waals surface area contributed by atoms with Crippen molar-refractivity contribution in [1.82, 2.24) is 10.6 Å². The van der Waals surface area contributed by atoms with E-state index < -0.39 is 6.04 Å². The molecule has 2 amide bonds. The fourth-order valence-electron chi connectivity index (χ4n) is 2.00. The van der Waals surface area contributed by atoms with Gasteiger partial charge in [0.15, 0.2) is 0 Å². The Kier molecular flexibility index (Phi) is 5.75. The van der Waals surface area contributed by atoms with Gasteiger partial charge >= 0.3 is 0 Å². The smallest absolute Gasteiger partial charge is 0.239 e. The number of carbonyl (C=O) groups excluding carboxylic acids is 2. The molecule has 0 aromatic heterocycles. The zero-order valence-corrected chi connectivity index (χ0v) is 12.0. The summed E-state index contributed by atoms with van der Waals surface area (Å²) in [4.78, 5) is 23.4. The summed E-state index contributed by atoms with van der Waals surface area (Å²) in [6.07, 6.45) is 1.82. The van der Waals surface area contributed by atoms with E-state index in [0.717, 1.165) is 19.4 Å². The molecule has 110 valence electrons. The summed E-state index contributed by atoms with van der Waals surface area (Å²) in [6, 6.07) is -0.582. The Morgan fingerprint density at radius 2 is 2.11 bits per heavy atom. The van der Waals surface area contributed by atoms with Crippen molar-refractivity contribution in [2.45, 2.75) is 45.2 Å². The van der Waals surface area contributed by atoms with E-state index in [-0.39, 0.29) is 29.8 Å². The summed E-state index contributed by atoms with van der Waals surface area (Å²) < 4.78 is 5.36. The Morgan fingerprint density at radius 1 is 1.42 bits per heavy atom. The fraction of sp³-hybridized carbons (Fsp3) is 0.846. The van der Waals surface area contributed by atoms with Crippen LogP contribution >= 0.6 is 0 Å². The zero-order valence-electron chi connectivity index (χ0n) is 12.0. The predicted octanol–water partition coefficient (Wildman–Crippen LogP) is -0.229. The van der Waals surface area contributed by atoms with Gasteiger partial charge in [0.1, 0.15) is 0 Å². The Bertz CT molecular complexity index is 325. The van der Waals surface area contributed by atoms with Gasteiger partial charge in [-0.25, -0.2) is 0 Å². The van der Waals surface area contributed by atoms with Crippen LogP contribution in [-0.4, -0.2) is 43.2 Å². The molecule has 0 aromatic rings. The van der Waals surface area contributed by atoms with Gasteiger partial charge < -0.3 is 21.1 Å². The van der Waals surface area contributed by atoms with E-state index >= 15 is 0 Å². The molecule has 0 spiro atoms. The monoisotopic (exact) mass is 271 g/mol. The number of amides is 2. The van der Waals surface area contributed by atoms with E-state index in [1.165, 1.54) is 0 Å². The van der Waals surface area contributed by atoms with Crippen LogP contribution in [0.2, 0.25) is 0 Å². The molecular weight excluding hydrogens is 246 g/mol. The largest absolute Gasteiger partial charge is 0.379 e. The summed E-state index contributed by atoms with van der Waals surface area (Å²) in [5, 5.41) is 5.45. The molecule has 19 heavy (non-hydrogen) atoms. The number of hydrogen-bond donors (Lipinski definition) is 3. The summed E-state index contributed by atoms with van der Waals surface area (Å²) >= 11 is 0. The van der Waals surface area contributed by atoms with Crippen molar-refractivity contribution < 1.29 is 14.3 Å². The van der Waals surface area contributed by atoms with Gasteiger partial charge in [-0.2, -0.15) is 0 Å². The van der Waals surface area contributed by atoms with Gasteiger partial charge in [-0.1, -0.05) is 13.8 Å². The van der Waals surface area contributed by atoms with Crippen LogP contribution in [0.4, 0.5) is 0 Å². The molecule has 1 aliphatic heterocycles. The molecule has 0 bridgehead atoms. The molecule has 6 heteroatoms. The highest BCUT2D eigenvalue weighted by molar-refractivity contribution is 5.87. The topological polar surface area (TPSA) is 93.5 Å². The van der Waals surface area contributed by atoms with Crippen LogP contribution in [0.1, 0.15) is 33.6 Å². The molecule has 1 unspecified atom stereocenters. The molecule has 0 saturated carbocycles. The summed E-state index contributed by atoms with van der Waals surface area (Å²) in [5.41, 5.74) is 5.36. The van der Waals surface area contributed by atoms with Gasteiger partial charge in [-0.3, -0.25) is 9.59 Å². The quantitative estimate of drug-likeness (QED) is 0.644. The van der Waals surface area contributed by atoms with E-state index in [9.17, 15) is 9.59 Å². The average molecular weight is 271 g/mol. The maximum absolute atomic E-state index is 11.8. The zero-order chi connectivity index (χ0) is 14.5. The van der Waals surface area contributed by atoms with Crippen LogP contribution < -0.4 is 16.4 Å².